The molecule has 1 aliphatic rings. The van der Waals surface area contributed by atoms with Crippen molar-refractivity contribution in [1.29, 1.82) is 0 Å². The molecule has 0 atom stereocenters. The van der Waals surface area contributed by atoms with Gasteiger partial charge in [0, 0.05) is 33.1 Å². The molecule has 2 nitrogen and oxygen atoms in total. The molecule has 0 radical (unpaired) electrons. The Hall–Kier alpha value is -5.60. The highest BCUT2D eigenvalue weighted by atomic mass is 16.3. The van der Waals surface area contributed by atoms with Gasteiger partial charge in [-0.1, -0.05) is 132 Å². The van der Waals surface area contributed by atoms with Gasteiger partial charge in [0.25, 0.3) is 0 Å². The van der Waals surface area contributed by atoms with E-state index in [2.05, 4.69) is 179 Å². The van der Waals surface area contributed by atoms with E-state index in [9.17, 15) is 0 Å². The Morgan fingerprint density at radius 3 is 2.02 bits per heavy atom. The van der Waals surface area contributed by atoms with Gasteiger partial charge in [-0.05, 0) is 98.1 Å². The zero-order valence-corrected chi connectivity index (χ0v) is 28.7. The molecule has 9 rings (SSSR count). The smallest absolute Gasteiger partial charge is 0.135 e. The summed E-state index contributed by atoms with van der Waals surface area (Å²) in [6.07, 6.45) is 0. The van der Waals surface area contributed by atoms with Gasteiger partial charge in [0.15, 0.2) is 0 Å². The van der Waals surface area contributed by atoms with Gasteiger partial charge in [-0.15, -0.1) is 0 Å². The molecule has 0 unspecified atom stereocenters. The van der Waals surface area contributed by atoms with Crippen molar-refractivity contribution in [2.24, 2.45) is 0 Å². The number of hydrogen-bond acceptors (Lipinski definition) is 2. The number of benzene rings is 7. The molecule has 8 aromatic rings. The van der Waals surface area contributed by atoms with Crippen LogP contribution in [0.5, 0.6) is 0 Å². The number of anilines is 3. The fourth-order valence-electron chi connectivity index (χ4n) is 8.02. The van der Waals surface area contributed by atoms with E-state index >= 15 is 0 Å². The maximum Gasteiger partial charge on any atom is 0.135 e. The van der Waals surface area contributed by atoms with Crippen molar-refractivity contribution in [3.8, 4) is 22.3 Å². The molecule has 0 saturated carbocycles. The van der Waals surface area contributed by atoms with E-state index in [4.69, 9.17) is 4.42 Å². The summed E-state index contributed by atoms with van der Waals surface area (Å²) in [5, 5.41) is 4.70. The second kappa shape index (κ2) is 10.7. The van der Waals surface area contributed by atoms with Crippen molar-refractivity contribution in [3.63, 3.8) is 0 Å². The van der Waals surface area contributed by atoms with E-state index in [0.717, 1.165) is 44.6 Å². The Bertz CT molecular complexity index is 2560. The molecule has 0 amide bonds. The van der Waals surface area contributed by atoms with Crippen molar-refractivity contribution in [2.45, 2.75) is 45.4 Å². The second-order valence-electron chi connectivity index (χ2n) is 15.0. The topological polar surface area (TPSA) is 16.4 Å². The van der Waals surface area contributed by atoms with E-state index < -0.39 is 0 Å². The van der Waals surface area contributed by atoms with Gasteiger partial charge in [0.1, 0.15) is 11.2 Å². The number of para-hydroxylation sites is 1. The first-order chi connectivity index (χ1) is 23.7. The summed E-state index contributed by atoms with van der Waals surface area (Å²) in [4.78, 5) is 2.46. The molecule has 49 heavy (non-hydrogen) atoms. The molecule has 1 aromatic heterocycles. The quantitative estimate of drug-likeness (QED) is 0.192. The van der Waals surface area contributed by atoms with Crippen LogP contribution < -0.4 is 4.90 Å². The normalized spacial score (nSPS) is 13.6. The summed E-state index contributed by atoms with van der Waals surface area (Å²) in [6.45, 7) is 11.5. The molecule has 0 bridgehead atoms. The Morgan fingerprint density at radius 1 is 0.531 bits per heavy atom. The highest BCUT2D eigenvalue weighted by Gasteiger charge is 2.35. The van der Waals surface area contributed by atoms with Crippen LogP contribution in [0.3, 0.4) is 0 Å². The second-order valence-corrected chi connectivity index (χ2v) is 15.0. The van der Waals surface area contributed by atoms with Crippen LogP contribution in [0, 0.1) is 0 Å². The average Bonchev–Trinajstić information content (AvgIpc) is 3.59. The highest BCUT2D eigenvalue weighted by molar-refractivity contribution is 6.10. The van der Waals surface area contributed by atoms with Crippen LogP contribution in [0.2, 0.25) is 0 Å². The standard InChI is InChI=1S/C47H39NO/c1-46(2,3)32-20-22-33(23-21-32)48(34-24-25-41-38(29-34)36-14-8-10-16-40(36)47(41,4)5)42-26-18-30-12-6-7-13-35(30)45(42)31-19-27-44-39(28-31)37-15-9-11-17-43(37)49-44/h6-29H,1-5H3. The predicted molar refractivity (Wildman–Crippen MR) is 208 cm³/mol. The first kappa shape index (κ1) is 29.5. The summed E-state index contributed by atoms with van der Waals surface area (Å²) < 4.78 is 6.26. The summed E-state index contributed by atoms with van der Waals surface area (Å²) in [7, 11) is 0. The lowest BCUT2D eigenvalue weighted by atomic mass is 9.82. The zero-order chi connectivity index (χ0) is 33.5. The van der Waals surface area contributed by atoms with E-state index in [1.54, 1.807) is 0 Å². The number of hydrogen-bond donors (Lipinski definition) is 0. The molecule has 1 heterocycles. The first-order valence-corrected chi connectivity index (χ1v) is 17.3. The molecule has 0 N–H and O–H groups in total. The molecule has 0 aliphatic heterocycles. The molecular formula is C47H39NO. The van der Waals surface area contributed by atoms with Crippen molar-refractivity contribution in [1.82, 2.24) is 0 Å². The van der Waals surface area contributed by atoms with E-state index in [0.29, 0.717) is 0 Å². The van der Waals surface area contributed by atoms with Gasteiger partial charge in [0.2, 0.25) is 0 Å². The zero-order valence-electron chi connectivity index (χ0n) is 28.7. The van der Waals surface area contributed by atoms with Gasteiger partial charge >= 0.3 is 0 Å². The van der Waals surface area contributed by atoms with Crippen LogP contribution in [-0.2, 0) is 10.8 Å². The van der Waals surface area contributed by atoms with Crippen LogP contribution >= 0.6 is 0 Å². The lowest BCUT2D eigenvalue weighted by Gasteiger charge is -2.30. The largest absolute Gasteiger partial charge is 0.456 e. The van der Waals surface area contributed by atoms with E-state index in [1.807, 2.05) is 6.07 Å². The van der Waals surface area contributed by atoms with Crippen molar-refractivity contribution < 1.29 is 4.42 Å². The molecular weight excluding hydrogens is 595 g/mol. The van der Waals surface area contributed by atoms with Crippen LogP contribution in [-0.4, -0.2) is 0 Å². The minimum absolute atomic E-state index is 0.0550. The maximum absolute atomic E-state index is 6.26. The van der Waals surface area contributed by atoms with Crippen LogP contribution in [0.15, 0.2) is 150 Å². The van der Waals surface area contributed by atoms with Gasteiger partial charge in [0.05, 0.1) is 5.69 Å². The molecule has 7 aromatic carbocycles. The van der Waals surface area contributed by atoms with Crippen LogP contribution in [0.4, 0.5) is 17.1 Å². The Labute approximate surface area is 288 Å². The lowest BCUT2D eigenvalue weighted by molar-refractivity contribution is 0.590. The van der Waals surface area contributed by atoms with Crippen molar-refractivity contribution in [3.05, 3.63) is 162 Å². The summed E-state index contributed by atoms with van der Waals surface area (Å²) in [5.41, 5.74) is 14.3. The molecule has 1 aliphatic carbocycles. The molecule has 2 heteroatoms. The van der Waals surface area contributed by atoms with Gasteiger partial charge in [-0.3, -0.25) is 0 Å². The lowest BCUT2D eigenvalue weighted by Crippen LogP contribution is -2.16. The number of fused-ring (bicyclic) bond motifs is 7. The SMILES string of the molecule is CC(C)(C)c1ccc(N(c2ccc3c(c2)-c2ccccc2C3(C)C)c2ccc3ccccc3c2-c2ccc3oc4ccccc4c3c2)cc1. The van der Waals surface area contributed by atoms with Crippen LogP contribution in [0.25, 0.3) is 55.0 Å². The van der Waals surface area contributed by atoms with Crippen molar-refractivity contribution >= 4 is 49.8 Å². The third kappa shape index (κ3) is 4.62. The van der Waals surface area contributed by atoms with Gasteiger partial charge in [-0.2, -0.15) is 0 Å². The number of furan rings is 1. The molecule has 238 valence electrons. The van der Waals surface area contributed by atoms with Crippen LogP contribution in [0.1, 0.15) is 51.3 Å². The van der Waals surface area contributed by atoms with E-state index in [-0.39, 0.29) is 10.8 Å². The minimum atomic E-state index is -0.0550. The van der Waals surface area contributed by atoms with Gasteiger partial charge in [-0.25, -0.2) is 0 Å². The molecule has 0 fully saturated rings. The average molecular weight is 634 g/mol. The maximum atomic E-state index is 6.26. The van der Waals surface area contributed by atoms with Gasteiger partial charge < -0.3 is 9.32 Å². The summed E-state index contributed by atoms with van der Waals surface area (Å²) in [6, 6.07) is 53.4. The number of nitrogens with zero attached hydrogens (tertiary/aromatic N) is 1. The minimum Gasteiger partial charge on any atom is -0.456 e. The summed E-state index contributed by atoms with van der Waals surface area (Å²) >= 11 is 0. The third-order valence-electron chi connectivity index (χ3n) is 10.6. The first-order valence-electron chi connectivity index (χ1n) is 17.3. The number of rotatable bonds is 4. The predicted octanol–water partition coefficient (Wildman–Crippen LogP) is 13.5. The summed E-state index contributed by atoms with van der Waals surface area (Å²) in [5.74, 6) is 0. The fraction of sp³-hybridized carbons (Fsp3) is 0.149. The monoisotopic (exact) mass is 633 g/mol. The Kier molecular flexibility index (Phi) is 6.45. The molecule has 0 spiro atoms. The molecule has 0 saturated heterocycles. The highest BCUT2D eigenvalue weighted by Crippen LogP contribution is 2.52. The Balaban J connectivity index is 1.33. The van der Waals surface area contributed by atoms with Crippen molar-refractivity contribution in [2.75, 3.05) is 4.90 Å². The Morgan fingerprint density at radius 2 is 1.20 bits per heavy atom. The van der Waals surface area contributed by atoms with E-state index in [1.165, 1.54) is 44.2 Å². The fourth-order valence-corrected chi connectivity index (χ4v) is 8.02. The third-order valence-corrected chi connectivity index (χ3v) is 10.6.